The molecule has 0 radical (unpaired) electrons. The van der Waals surface area contributed by atoms with E-state index in [0.29, 0.717) is 24.5 Å². The van der Waals surface area contributed by atoms with E-state index in [1.165, 1.54) is 18.6 Å². The maximum absolute atomic E-state index is 13.8. The number of aromatic nitrogens is 5. The summed E-state index contributed by atoms with van der Waals surface area (Å²) in [7, 11) is 0. The van der Waals surface area contributed by atoms with Crippen LogP contribution in [0.15, 0.2) is 76.1 Å². The molecule has 8 nitrogen and oxygen atoms in total. The summed E-state index contributed by atoms with van der Waals surface area (Å²) >= 11 is 0. The number of furan rings is 1. The van der Waals surface area contributed by atoms with Crippen molar-refractivity contribution in [3.05, 3.63) is 111 Å². The molecule has 1 N–H and O–H groups in total. The van der Waals surface area contributed by atoms with Gasteiger partial charge < -0.3 is 9.40 Å². The fourth-order valence-electron chi connectivity index (χ4n) is 5.67. The maximum atomic E-state index is 13.8. The largest absolute Gasteiger partial charge is 0.468 e. The standard InChI is InChI=1S/C30H31FN6O2/c1-20-9-12-22-17-26(30(38)32-27(22)16-20)28(29-33-34-35-37(29)24-6-3-2-4-7-24)36(19-25-8-5-15-39-25)18-21-10-13-23(31)14-11-21/h5,8-17,24,28H,2-4,6-7,18-19H2,1H3,(H,32,38). The fraction of sp³-hybridized carbons (Fsp3) is 0.333. The zero-order valence-corrected chi connectivity index (χ0v) is 21.9. The number of rotatable bonds is 8. The van der Waals surface area contributed by atoms with E-state index >= 15 is 0 Å². The molecule has 0 bridgehead atoms. The van der Waals surface area contributed by atoms with Crippen LogP contribution in [0.2, 0.25) is 0 Å². The van der Waals surface area contributed by atoms with Crippen molar-refractivity contribution in [2.24, 2.45) is 0 Å². The number of benzene rings is 2. The molecule has 6 rings (SSSR count). The molecule has 1 saturated carbocycles. The number of hydrogen-bond acceptors (Lipinski definition) is 6. The average Bonchev–Trinajstić information content (AvgIpc) is 3.64. The first kappa shape index (κ1) is 25.2. The van der Waals surface area contributed by atoms with E-state index in [4.69, 9.17) is 4.42 Å². The van der Waals surface area contributed by atoms with E-state index in [1.807, 2.05) is 48.0 Å². The molecule has 0 saturated heterocycles. The van der Waals surface area contributed by atoms with Gasteiger partial charge in [0.2, 0.25) is 0 Å². The molecule has 3 heterocycles. The molecule has 39 heavy (non-hydrogen) atoms. The molecule has 2 aromatic carbocycles. The molecule has 9 heteroatoms. The van der Waals surface area contributed by atoms with Gasteiger partial charge in [-0.15, -0.1) is 5.10 Å². The molecule has 1 fully saturated rings. The lowest BCUT2D eigenvalue weighted by atomic mass is 9.95. The Morgan fingerprint density at radius 1 is 1.08 bits per heavy atom. The van der Waals surface area contributed by atoms with Gasteiger partial charge in [-0.05, 0) is 83.1 Å². The predicted molar refractivity (Wildman–Crippen MR) is 145 cm³/mol. The average molecular weight is 527 g/mol. The lowest BCUT2D eigenvalue weighted by molar-refractivity contribution is 0.173. The van der Waals surface area contributed by atoms with Gasteiger partial charge in [0.05, 0.1) is 18.8 Å². The summed E-state index contributed by atoms with van der Waals surface area (Å²) in [5.41, 5.74) is 3.11. The lowest BCUT2D eigenvalue weighted by Crippen LogP contribution is -2.35. The quantitative estimate of drug-likeness (QED) is 0.273. The first-order valence-corrected chi connectivity index (χ1v) is 13.5. The van der Waals surface area contributed by atoms with E-state index in [1.54, 1.807) is 18.4 Å². The van der Waals surface area contributed by atoms with Crippen molar-refractivity contribution in [3.8, 4) is 0 Å². The molecule has 1 aliphatic carbocycles. The Bertz CT molecular complexity index is 1600. The summed E-state index contributed by atoms with van der Waals surface area (Å²) < 4.78 is 21.4. The Morgan fingerprint density at radius 2 is 1.90 bits per heavy atom. The second-order valence-corrected chi connectivity index (χ2v) is 10.4. The molecule has 0 aliphatic heterocycles. The highest BCUT2D eigenvalue weighted by atomic mass is 19.1. The summed E-state index contributed by atoms with van der Waals surface area (Å²) in [4.78, 5) is 19.0. The molecular weight excluding hydrogens is 495 g/mol. The van der Waals surface area contributed by atoms with Crippen molar-refractivity contribution >= 4 is 10.9 Å². The predicted octanol–water partition coefficient (Wildman–Crippen LogP) is 5.85. The summed E-state index contributed by atoms with van der Waals surface area (Å²) in [6, 6.07) is 17.7. The van der Waals surface area contributed by atoms with Crippen molar-refractivity contribution in [2.75, 3.05) is 0 Å². The topological polar surface area (TPSA) is 92.8 Å². The molecule has 0 amide bonds. The van der Waals surface area contributed by atoms with Crippen LogP contribution in [0.3, 0.4) is 0 Å². The molecule has 3 aromatic heterocycles. The highest BCUT2D eigenvalue weighted by Gasteiger charge is 2.33. The van der Waals surface area contributed by atoms with Crippen LogP contribution in [0.25, 0.3) is 10.9 Å². The van der Waals surface area contributed by atoms with E-state index < -0.39 is 6.04 Å². The van der Waals surface area contributed by atoms with Crippen LogP contribution in [0.5, 0.6) is 0 Å². The molecular formula is C30H31FN6O2. The summed E-state index contributed by atoms with van der Waals surface area (Å²) in [6.07, 6.45) is 7.07. The number of aryl methyl sites for hydroxylation is 1. The minimum Gasteiger partial charge on any atom is -0.468 e. The van der Waals surface area contributed by atoms with Gasteiger partial charge in [-0.2, -0.15) is 0 Å². The van der Waals surface area contributed by atoms with Gasteiger partial charge >= 0.3 is 0 Å². The van der Waals surface area contributed by atoms with Gasteiger partial charge in [-0.1, -0.05) is 43.5 Å². The molecule has 0 spiro atoms. The van der Waals surface area contributed by atoms with Crippen LogP contribution in [0.1, 0.15) is 72.5 Å². The van der Waals surface area contributed by atoms with Gasteiger partial charge in [-0.3, -0.25) is 9.69 Å². The highest BCUT2D eigenvalue weighted by Crippen LogP contribution is 2.34. The van der Waals surface area contributed by atoms with Crippen molar-refractivity contribution in [2.45, 2.75) is 64.2 Å². The number of aromatic amines is 1. The number of pyridine rings is 1. The Hall–Kier alpha value is -4.11. The minimum atomic E-state index is -0.577. The zero-order chi connectivity index (χ0) is 26.8. The SMILES string of the molecule is Cc1ccc2cc(C(c3nnnn3C3CCCCC3)N(Cc3ccc(F)cc3)Cc3ccco3)c(=O)[nH]c2c1. The van der Waals surface area contributed by atoms with Gasteiger partial charge in [0.1, 0.15) is 17.6 Å². The van der Waals surface area contributed by atoms with Gasteiger partial charge in [0.15, 0.2) is 5.82 Å². The Kier molecular flexibility index (Phi) is 7.06. The third kappa shape index (κ3) is 5.40. The second kappa shape index (κ2) is 10.9. The summed E-state index contributed by atoms with van der Waals surface area (Å²) in [6.45, 7) is 2.83. The van der Waals surface area contributed by atoms with Gasteiger partial charge in [-0.25, -0.2) is 9.07 Å². The van der Waals surface area contributed by atoms with Crippen LogP contribution in [0, 0.1) is 12.7 Å². The van der Waals surface area contributed by atoms with E-state index in [2.05, 4.69) is 25.4 Å². The van der Waals surface area contributed by atoms with Crippen molar-refractivity contribution < 1.29 is 8.81 Å². The fourth-order valence-corrected chi connectivity index (χ4v) is 5.67. The smallest absolute Gasteiger partial charge is 0.253 e. The van der Waals surface area contributed by atoms with Crippen LogP contribution >= 0.6 is 0 Å². The Labute approximate surface area is 225 Å². The Balaban J connectivity index is 1.52. The summed E-state index contributed by atoms with van der Waals surface area (Å²) in [5, 5.41) is 14.0. The molecule has 200 valence electrons. The number of tetrazole rings is 1. The molecule has 1 aliphatic rings. The van der Waals surface area contributed by atoms with Crippen LogP contribution < -0.4 is 5.56 Å². The third-order valence-corrected chi connectivity index (χ3v) is 7.61. The maximum Gasteiger partial charge on any atom is 0.253 e. The van der Waals surface area contributed by atoms with Crippen LogP contribution in [-0.2, 0) is 13.1 Å². The van der Waals surface area contributed by atoms with Crippen molar-refractivity contribution in [3.63, 3.8) is 0 Å². The number of hydrogen-bond donors (Lipinski definition) is 1. The zero-order valence-electron chi connectivity index (χ0n) is 21.9. The second-order valence-electron chi connectivity index (χ2n) is 10.4. The van der Waals surface area contributed by atoms with E-state index in [0.717, 1.165) is 53.5 Å². The van der Waals surface area contributed by atoms with Gasteiger partial charge in [0.25, 0.3) is 5.56 Å². The van der Waals surface area contributed by atoms with Crippen molar-refractivity contribution in [1.82, 2.24) is 30.1 Å². The Morgan fingerprint density at radius 3 is 2.67 bits per heavy atom. The number of H-pyrrole nitrogens is 1. The molecule has 5 aromatic rings. The normalized spacial score (nSPS) is 15.3. The number of nitrogens with zero attached hydrogens (tertiary/aromatic N) is 5. The first-order chi connectivity index (χ1) is 19.0. The van der Waals surface area contributed by atoms with Crippen molar-refractivity contribution in [1.29, 1.82) is 0 Å². The number of halogens is 1. The number of nitrogens with one attached hydrogen (secondary N) is 1. The molecule has 1 atom stereocenters. The lowest BCUT2D eigenvalue weighted by Gasteiger charge is -2.32. The van der Waals surface area contributed by atoms with E-state index in [-0.39, 0.29) is 17.4 Å². The minimum absolute atomic E-state index is 0.171. The van der Waals surface area contributed by atoms with Crippen LogP contribution in [-0.4, -0.2) is 30.1 Å². The number of fused-ring (bicyclic) bond motifs is 1. The first-order valence-electron chi connectivity index (χ1n) is 13.5. The third-order valence-electron chi connectivity index (χ3n) is 7.61. The van der Waals surface area contributed by atoms with Crippen LogP contribution in [0.4, 0.5) is 4.39 Å². The summed E-state index contributed by atoms with van der Waals surface area (Å²) in [5.74, 6) is 1.06. The van der Waals surface area contributed by atoms with Gasteiger partial charge in [0, 0.05) is 17.6 Å². The highest BCUT2D eigenvalue weighted by molar-refractivity contribution is 5.79. The monoisotopic (exact) mass is 526 g/mol. The molecule has 1 unspecified atom stereocenters. The van der Waals surface area contributed by atoms with E-state index in [9.17, 15) is 9.18 Å².